The molecule has 88 valence electrons. The van der Waals surface area contributed by atoms with Crippen molar-refractivity contribution in [3.05, 3.63) is 33.3 Å². The molecule has 1 aliphatic heterocycles. The first-order chi connectivity index (χ1) is 8.15. The fourth-order valence-electron chi connectivity index (χ4n) is 2.15. The molecule has 1 aromatic heterocycles. The van der Waals surface area contributed by atoms with Gasteiger partial charge in [-0.1, -0.05) is 11.6 Å². The lowest BCUT2D eigenvalue weighted by atomic mass is 10.1. The van der Waals surface area contributed by atoms with Crippen LogP contribution in [0.25, 0.3) is 11.5 Å². The number of fused-ring (bicyclic) bond motifs is 1. The smallest absolute Gasteiger partial charge is 0.388 e. The summed E-state index contributed by atoms with van der Waals surface area (Å²) in [6.07, 6.45) is 0.939. The summed E-state index contributed by atoms with van der Waals surface area (Å²) in [5.41, 5.74) is 2.93. The number of nitrogens with one attached hydrogen (secondary N) is 1. The van der Waals surface area contributed by atoms with Gasteiger partial charge in [0.1, 0.15) is 0 Å². The van der Waals surface area contributed by atoms with Gasteiger partial charge < -0.3 is 9.32 Å². The molecular weight excluding hydrogens is 242 g/mol. The van der Waals surface area contributed by atoms with Crippen LogP contribution in [0.3, 0.4) is 0 Å². The highest BCUT2D eigenvalue weighted by Gasteiger charge is 2.21. The summed E-state index contributed by atoms with van der Waals surface area (Å²) in [4.78, 5) is 13.0. The van der Waals surface area contributed by atoms with Gasteiger partial charge in [0.2, 0.25) is 5.89 Å². The van der Waals surface area contributed by atoms with Gasteiger partial charge in [0.05, 0.1) is 10.7 Å². The number of hydrogen-bond donors (Lipinski definition) is 1. The average Bonchev–Trinajstić information content (AvgIpc) is 2.86. The molecule has 0 radical (unpaired) electrons. The number of likely N-dealkylation sites (N-methyl/N-ethyl adjacent to an activating group) is 1. The fourth-order valence-corrected chi connectivity index (χ4v) is 2.53. The van der Waals surface area contributed by atoms with Crippen LogP contribution in [0.15, 0.2) is 21.3 Å². The highest BCUT2D eigenvalue weighted by atomic mass is 35.5. The van der Waals surface area contributed by atoms with E-state index in [1.807, 2.05) is 13.1 Å². The standard InChI is InChI=1S/C11H10ClN3O2/c1-15-3-2-6-4-7(5-8(12)9(6)15)10-13-14-11(16)17-10/h4-5H,2-3H2,1H3,(H,14,16). The van der Waals surface area contributed by atoms with E-state index in [1.54, 1.807) is 6.07 Å². The molecule has 3 rings (SSSR count). The van der Waals surface area contributed by atoms with Crippen LogP contribution < -0.4 is 10.7 Å². The topological polar surface area (TPSA) is 62.1 Å². The number of anilines is 1. The van der Waals surface area contributed by atoms with Crippen molar-refractivity contribution in [2.45, 2.75) is 6.42 Å². The summed E-state index contributed by atoms with van der Waals surface area (Å²) in [6.45, 7) is 0.947. The molecule has 6 heteroatoms. The molecule has 5 nitrogen and oxygen atoms in total. The maximum absolute atomic E-state index is 10.9. The summed E-state index contributed by atoms with van der Waals surface area (Å²) in [5.74, 6) is -0.289. The monoisotopic (exact) mass is 251 g/mol. The Hall–Kier alpha value is -1.75. The van der Waals surface area contributed by atoms with Crippen molar-refractivity contribution >= 4 is 17.3 Å². The molecule has 0 saturated heterocycles. The number of H-pyrrole nitrogens is 1. The zero-order valence-electron chi connectivity index (χ0n) is 9.16. The highest BCUT2D eigenvalue weighted by molar-refractivity contribution is 6.33. The first kappa shape index (κ1) is 10.4. The summed E-state index contributed by atoms with van der Waals surface area (Å²) in [5, 5.41) is 6.69. The molecule has 2 heterocycles. The van der Waals surface area contributed by atoms with E-state index in [-0.39, 0.29) is 5.89 Å². The second-order valence-corrected chi connectivity index (χ2v) is 4.46. The van der Waals surface area contributed by atoms with Crippen LogP contribution in [0.2, 0.25) is 5.02 Å². The Labute approximate surface area is 102 Å². The van der Waals surface area contributed by atoms with Gasteiger partial charge in [-0.25, -0.2) is 9.89 Å². The van der Waals surface area contributed by atoms with E-state index >= 15 is 0 Å². The molecule has 0 bridgehead atoms. The quantitative estimate of drug-likeness (QED) is 0.838. The van der Waals surface area contributed by atoms with Gasteiger partial charge in [0.15, 0.2) is 0 Å². The van der Waals surface area contributed by atoms with Crippen molar-refractivity contribution in [1.82, 2.24) is 10.2 Å². The molecule has 1 N–H and O–H groups in total. The lowest BCUT2D eigenvalue weighted by Crippen LogP contribution is -2.12. The van der Waals surface area contributed by atoms with Crippen LogP contribution in [-0.2, 0) is 6.42 Å². The molecule has 0 unspecified atom stereocenters. The molecule has 0 fully saturated rings. The summed E-state index contributed by atoms with van der Waals surface area (Å²) in [7, 11) is 2.01. The molecule has 0 amide bonds. The van der Waals surface area contributed by atoms with Gasteiger partial charge >= 0.3 is 5.76 Å². The van der Waals surface area contributed by atoms with Crippen molar-refractivity contribution in [1.29, 1.82) is 0 Å². The number of aromatic amines is 1. The van der Waals surface area contributed by atoms with Crippen LogP contribution in [-0.4, -0.2) is 23.8 Å². The van der Waals surface area contributed by atoms with Crippen molar-refractivity contribution in [3.63, 3.8) is 0 Å². The number of halogens is 1. The molecule has 17 heavy (non-hydrogen) atoms. The minimum atomic E-state index is -0.561. The molecule has 0 aliphatic carbocycles. The lowest BCUT2D eigenvalue weighted by Gasteiger charge is -2.13. The van der Waals surface area contributed by atoms with E-state index in [9.17, 15) is 4.79 Å². The van der Waals surface area contributed by atoms with Crippen LogP contribution in [0.5, 0.6) is 0 Å². The second-order valence-electron chi connectivity index (χ2n) is 4.06. The minimum absolute atomic E-state index is 0.272. The van der Waals surface area contributed by atoms with Crippen molar-refractivity contribution in [3.8, 4) is 11.5 Å². The number of hydrogen-bond acceptors (Lipinski definition) is 4. The van der Waals surface area contributed by atoms with Gasteiger partial charge in [-0.3, -0.25) is 0 Å². The largest absolute Gasteiger partial charge is 0.434 e. The molecule has 0 spiro atoms. The van der Waals surface area contributed by atoms with Gasteiger partial charge in [-0.05, 0) is 24.1 Å². The van der Waals surface area contributed by atoms with Gasteiger partial charge in [0.25, 0.3) is 0 Å². The van der Waals surface area contributed by atoms with E-state index in [0.29, 0.717) is 5.02 Å². The van der Waals surface area contributed by atoms with E-state index in [2.05, 4.69) is 15.1 Å². The molecule has 0 saturated carbocycles. The van der Waals surface area contributed by atoms with Gasteiger partial charge in [0, 0.05) is 19.2 Å². The summed E-state index contributed by atoms with van der Waals surface area (Å²) >= 11 is 6.23. The van der Waals surface area contributed by atoms with E-state index < -0.39 is 5.76 Å². The number of rotatable bonds is 1. The highest BCUT2D eigenvalue weighted by Crippen LogP contribution is 2.37. The SMILES string of the molecule is CN1CCc2cc(-c3n[nH]c(=O)o3)cc(Cl)c21. The first-order valence-corrected chi connectivity index (χ1v) is 5.62. The van der Waals surface area contributed by atoms with Crippen LogP contribution in [0.4, 0.5) is 5.69 Å². The number of benzene rings is 1. The van der Waals surface area contributed by atoms with Gasteiger partial charge in [-0.2, -0.15) is 0 Å². The molecular formula is C11H10ClN3O2. The molecule has 2 aromatic rings. The summed E-state index contributed by atoms with van der Waals surface area (Å²) < 4.78 is 4.92. The van der Waals surface area contributed by atoms with Crippen molar-refractivity contribution in [2.24, 2.45) is 0 Å². The predicted molar refractivity (Wildman–Crippen MR) is 64.5 cm³/mol. The molecule has 1 aromatic carbocycles. The third-order valence-electron chi connectivity index (χ3n) is 2.93. The third kappa shape index (κ3) is 1.63. The maximum Gasteiger partial charge on any atom is 0.434 e. The van der Waals surface area contributed by atoms with E-state index in [0.717, 1.165) is 29.8 Å². The first-order valence-electron chi connectivity index (χ1n) is 5.24. The third-order valence-corrected chi connectivity index (χ3v) is 3.21. The van der Waals surface area contributed by atoms with Gasteiger partial charge in [-0.15, -0.1) is 5.10 Å². The van der Waals surface area contributed by atoms with Crippen LogP contribution >= 0.6 is 11.6 Å². The molecule has 1 aliphatic rings. The van der Waals surface area contributed by atoms with Crippen molar-refractivity contribution in [2.75, 3.05) is 18.5 Å². The minimum Gasteiger partial charge on any atom is -0.388 e. The van der Waals surface area contributed by atoms with Crippen LogP contribution in [0.1, 0.15) is 5.56 Å². The molecule has 0 atom stereocenters. The number of aromatic nitrogens is 2. The fraction of sp³-hybridized carbons (Fsp3) is 0.273. The Morgan fingerprint density at radius 3 is 3.06 bits per heavy atom. The second kappa shape index (κ2) is 3.63. The summed E-state index contributed by atoms with van der Waals surface area (Å²) in [6, 6.07) is 3.73. The Bertz CT molecular complexity index is 632. The van der Waals surface area contributed by atoms with Crippen LogP contribution in [0, 0.1) is 0 Å². The predicted octanol–water partition coefficient (Wildman–Crippen LogP) is 1.68. The normalized spacial score (nSPS) is 14.1. The Morgan fingerprint density at radius 1 is 1.53 bits per heavy atom. The Balaban J connectivity index is 2.15. The van der Waals surface area contributed by atoms with Crippen molar-refractivity contribution < 1.29 is 4.42 Å². The Morgan fingerprint density at radius 2 is 2.35 bits per heavy atom. The zero-order chi connectivity index (χ0) is 12.0. The average molecular weight is 252 g/mol. The lowest BCUT2D eigenvalue weighted by molar-refractivity contribution is 0.527. The van der Waals surface area contributed by atoms with E-state index in [1.165, 1.54) is 0 Å². The Kier molecular flexibility index (Phi) is 2.22. The maximum atomic E-state index is 10.9. The number of nitrogens with zero attached hydrogens (tertiary/aromatic N) is 2. The van der Waals surface area contributed by atoms with E-state index in [4.69, 9.17) is 16.0 Å². The zero-order valence-corrected chi connectivity index (χ0v) is 9.91.